The minimum atomic E-state index is -4.78. The molecule has 13 heteroatoms. The number of carbonyl (C=O) groups excluding carboxylic acids is 1. The van der Waals surface area contributed by atoms with Gasteiger partial charge in [-0.3, -0.25) is 4.90 Å². The predicted molar refractivity (Wildman–Crippen MR) is 111 cm³/mol. The molecule has 1 aliphatic carbocycles. The molecule has 1 amide bonds. The normalized spacial score (nSPS) is 23.4. The lowest BCUT2D eigenvalue weighted by atomic mass is 9.92. The molecule has 2 atom stereocenters. The molecule has 2 aliphatic heterocycles. The van der Waals surface area contributed by atoms with Crippen LogP contribution in [0.5, 0.6) is 0 Å². The van der Waals surface area contributed by atoms with E-state index >= 15 is 0 Å². The van der Waals surface area contributed by atoms with Crippen molar-refractivity contribution in [2.24, 2.45) is 0 Å². The van der Waals surface area contributed by atoms with Crippen LogP contribution in [-0.2, 0) is 15.7 Å². The largest absolute Gasteiger partial charge is 0.444 e. The second kappa shape index (κ2) is 8.28. The maximum absolute atomic E-state index is 13.8. The number of alkyl halides is 3. The van der Waals surface area contributed by atoms with Crippen molar-refractivity contribution in [3.8, 4) is 11.3 Å². The molecule has 0 radical (unpaired) electrons. The summed E-state index contributed by atoms with van der Waals surface area (Å²) >= 11 is 0. The van der Waals surface area contributed by atoms with E-state index in [4.69, 9.17) is 15.2 Å². The number of nitrogens with two attached hydrogens (primary N) is 1. The second-order valence-corrected chi connectivity index (χ2v) is 8.14. The number of nitrogen functional groups attached to an aromatic ring is 1. The van der Waals surface area contributed by atoms with Gasteiger partial charge in [-0.15, -0.1) is 0 Å². The molecule has 0 aromatic carbocycles. The number of hydrogen-bond donors (Lipinski definition) is 1. The molecule has 176 valence electrons. The molecule has 3 fully saturated rings. The molecule has 2 saturated heterocycles. The van der Waals surface area contributed by atoms with Crippen molar-refractivity contribution in [2.75, 3.05) is 41.8 Å². The van der Waals surface area contributed by atoms with Crippen LogP contribution < -0.4 is 15.5 Å². The standard InChI is InChI=1S/C20H22F3N7O3/c21-20(22,23)16-11(10-25-17(24)28-16)12-9-15(27-18(26-12)29-5-7-32-8-6-29)30-13-3-1-2-4-14(13)33-19(30)31/h9-10,13-14H,1-8H2,(H2,24,25,28)/t13-,14-/m0/s1. The second-order valence-electron chi connectivity index (χ2n) is 8.14. The van der Waals surface area contributed by atoms with E-state index < -0.39 is 23.9 Å². The number of rotatable bonds is 3. The van der Waals surface area contributed by atoms with Crippen molar-refractivity contribution in [1.82, 2.24) is 19.9 Å². The Labute approximate surface area is 186 Å². The molecule has 0 spiro atoms. The molecular weight excluding hydrogens is 443 g/mol. The van der Waals surface area contributed by atoms with Gasteiger partial charge in [0.15, 0.2) is 5.69 Å². The third-order valence-corrected chi connectivity index (χ3v) is 6.04. The minimum absolute atomic E-state index is 0.0547. The van der Waals surface area contributed by atoms with Crippen LogP contribution in [0.2, 0.25) is 0 Å². The van der Waals surface area contributed by atoms with Crippen molar-refractivity contribution < 1.29 is 27.4 Å². The molecule has 10 nitrogen and oxygen atoms in total. The molecular formula is C20H22F3N7O3. The predicted octanol–water partition coefficient (Wildman–Crippen LogP) is 2.64. The molecule has 2 aromatic heterocycles. The zero-order chi connectivity index (χ0) is 23.2. The summed E-state index contributed by atoms with van der Waals surface area (Å²) in [5.74, 6) is -0.115. The summed E-state index contributed by atoms with van der Waals surface area (Å²) in [7, 11) is 0. The van der Waals surface area contributed by atoms with Crippen LogP contribution in [0.15, 0.2) is 12.3 Å². The summed E-state index contributed by atoms with van der Waals surface area (Å²) in [5, 5.41) is 0. The molecule has 0 bridgehead atoms. The number of nitrogens with zero attached hydrogens (tertiary/aromatic N) is 6. The van der Waals surface area contributed by atoms with Gasteiger partial charge < -0.3 is 20.1 Å². The fourth-order valence-electron chi connectivity index (χ4n) is 4.48. The van der Waals surface area contributed by atoms with Crippen LogP contribution >= 0.6 is 0 Å². The fraction of sp³-hybridized carbons (Fsp3) is 0.550. The molecule has 1 saturated carbocycles. The van der Waals surface area contributed by atoms with Crippen molar-refractivity contribution in [2.45, 2.75) is 44.0 Å². The first-order valence-electron chi connectivity index (χ1n) is 10.7. The van der Waals surface area contributed by atoms with Crippen LogP contribution in [0.3, 0.4) is 0 Å². The summed E-state index contributed by atoms with van der Waals surface area (Å²) in [4.78, 5) is 32.1. The van der Waals surface area contributed by atoms with Gasteiger partial charge in [0.2, 0.25) is 11.9 Å². The summed E-state index contributed by atoms with van der Waals surface area (Å²) in [6, 6.07) is 1.13. The fourth-order valence-corrected chi connectivity index (χ4v) is 4.48. The topological polar surface area (TPSA) is 120 Å². The van der Waals surface area contributed by atoms with E-state index in [1.807, 2.05) is 4.90 Å². The highest BCUT2D eigenvalue weighted by Gasteiger charge is 2.45. The molecule has 0 unspecified atom stereocenters. The van der Waals surface area contributed by atoms with Gasteiger partial charge in [-0.25, -0.2) is 19.7 Å². The number of fused-ring (bicyclic) bond motifs is 1. The lowest BCUT2D eigenvalue weighted by Crippen LogP contribution is -2.40. The third kappa shape index (κ3) is 4.12. The van der Waals surface area contributed by atoms with Gasteiger partial charge >= 0.3 is 12.3 Å². The van der Waals surface area contributed by atoms with Crippen LogP contribution in [0.1, 0.15) is 31.4 Å². The van der Waals surface area contributed by atoms with Crippen LogP contribution in [0.25, 0.3) is 11.3 Å². The Balaban J connectivity index is 1.64. The highest BCUT2D eigenvalue weighted by molar-refractivity contribution is 5.90. The number of hydrogen-bond acceptors (Lipinski definition) is 9. The number of morpholine rings is 1. The quantitative estimate of drug-likeness (QED) is 0.729. The van der Waals surface area contributed by atoms with Crippen LogP contribution in [0.4, 0.5) is 35.7 Å². The van der Waals surface area contributed by atoms with Gasteiger partial charge in [0.1, 0.15) is 11.9 Å². The Bertz CT molecular complexity index is 1060. The molecule has 3 aliphatic rings. The maximum atomic E-state index is 13.8. The van der Waals surface area contributed by atoms with Gasteiger partial charge in [0, 0.05) is 30.9 Å². The van der Waals surface area contributed by atoms with Crippen LogP contribution in [0, 0.1) is 0 Å². The number of ether oxygens (including phenoxy) is 2. The van der Waals surface area contributed by atoms with E-state index in [1.165, 1.54) is 11.0 Å². The maximum Gasteiger partial charge on any atom is 0.434 e. The minimum Gasteiger partial charge on any atom is -0.444 e. The van der Waals surface area contributed by atoms with Crippen molar-refractivity contribution in [3.63, 3.8) is 0 Å². The Morgan fingerprint density at radius 3 is 2.61 bits per heavy atom. The summed E-state index contributed by atoms with van der Waals surface area (Å²) in [6.45, 7) is 1.78. The number of anilines is 3. The van der Waals surface area contributed by atoms with E-state index in [0.717, 1.165) is 31.9 Å². The highest BCUT2D eigenvalue weighted by atomic mass is 19.4. The number of aromatic nitrogens is 4. The zero-order valence-electron chi connectivity index (χ0n) is 17.6. The van der Waals surface area contributed by atoms with Crippen LogP contribution in [-0.4, -0.2) is 64.5 Å². The summed E-state index contributed by atoms with van der Waals surface area (Å²) < 4.78 is 52.2. The number of carbonyl (C=O) groups is 1. The Hall–Kier alpha value is -3.22. The number of amides is 1. The SMILES string of the molecule is Nc1ncc(-c2cc(N3C(=O)O[C@H]4CCCC[C@@H]43)nc(N3CCOCC3)n2)c(C(F)(F)F)n1. The van der Waals surface area contributed by atoms with E-state index in [1.54, 1.807) is 0 Å². The highest BCUT2D eigenvalue weighted by Crippen LogP contribution is 2.39. The summed E-state index contributed by atoms with van der Waals surface area (Å²) in [6.07, 6.45) is -1.27. The number of halogens is 3. The van der Waals surface area contributed by atoms with Crippen molar-refractivity contribution in [1.29, 1.82) is 0 Å². The third-order valence-electron chi connectivity index (χ3n) is 6.04. The molecule has 5 rings (SSSR count). The smallest absolute Gasteiger partial charge is 0.434 e. The Morgan fingerprint density at radius 2 is 1.85 bits per heavy atom. The average molecular weight is 465 g/mol. The van der Waals surface area contributed by atoms with E-state index in [-0.39, 0.29) is 35.2 Å². The Morgan fingerprint density at radius 1 is 1.09 bits per heavy atom. The lowest BCUT2D eigenvalue weighted by molar-refractivity contribution is -0.140. The van der Waals surface area contributed by atoms with Crippen molar-refractivity contribution >= 4 is 23.8 Å². The first-order valence-corrected chi connectivity index (χ1v) is 10.7. The monoisotopic (exact) mass is 465 g/mol. The Kier molecular flexibility index (Phi) is 5.43. The first-order chi connectivity index (χ1) is 15.8. The zero-order valence-corrected chi connectivity index (χ0v) is 17.6. The van der Waals surface area contributed by atoms with Gasteiger partial charge in [-0.1, -0.05) is 6.42 Å². The van der Waals surface area contributed by atoms with Gasteiger partial charge in [-0.2, -0.15) is 18.2 Å². The average Bonchev–Trinajstić information content (AvgIpc) is 3.14. The van der Waals surface area contributed by atoms with E-state index in [9.17, 15) is 18.0 Å². The van der Waals surface area contributed by atoms with Gasteiger partial charge in [0.05, 0.1) is 24.9 Å². The molecule has 33 heavy (non-hydrogen) atoms. The van der Waals surface area contributed by atoms with E-state index in [0.29, 0.717) is 26.3 Å². The molecule has 2 aromatic rings. The van der Waals surface area contributed by atoms with Gasteiger partial charge in [-0.05, 0) is 19.3 Å². The van der Waals surface area contributed by atoms with Gasteiger partial charge in [0.25, 0.3) is 0 Å². The molecule has 2 N–H and O–H groups in total. The van der Waals surface area contributed by atoms with E-state index in [2.05, 4.69) is 19.9 Å². The van der Waals surface area contributed by atoms with Crippen molar-refractivity contribution in [3.05, 3.63) is 18.0 Å². The molecule has 4 heterocycles. The first kappa shape index (κ1) is 21.6. The lowest BCUT2D eigenvalue weighted by Gasteiger charge is -2.30. The summed E-state index contributed by atoms with van der Waals surface area (Å²) in [5.41, 5.74) is 3.82.